The van der Waals surface area contributed by atoms with Crippen molar-refractivity contribution in [2.45, 2.75) is 310 Å². The highest BCUT2D eigenvalue weighted by molar-refractivity contribution is 7.98. The van der Waals surface area contributed by atoms with Gasteiger partial charge in [0.2, 0.25) is 0 Å². The molecule has 0 radical (unpaired) electrons. The van der Waals surface area contributed by atoms with Gasteiger partial charge in [-0.2, -0.15) is 5.26 Å². The summed E-state index contributed by atoms with van der Waals surface area (Å²) in [5, 5.41) is 12.6. The van der Waals surface area contributed by atoms with Gasteiger partial charge in [0, 0.05) is 0 Å². The number of hydrogen-bond donors (Lipinski definition) is 0. The molecule has 0 aliphatic rings. The van der Waals surface area contributed by atoms with Crippen LogP contribution in [0.1, 0.15) is 310 Å². The molecular weight excluding hydrogens is 685 g/mol. The molecule has 0 bridgehead atoms. The second-order valence-corrected chi connectivity index (χ2v) is 19.4. The summed E-state index contributed by atoms with van der Waals surface area (Å²) >= 11 is 1.63. The highest BCUT2D eigenvalue weighted by atomic mass is 32.2. The first-order valence-electron chi connectivity index (χ1n) is 26.2. The van der Waals surface area contributed by atoms with Crippen LogP contribution >= 0.6 is 11.9 Å². The van der Waals surface area contributed by atoms with Gasteiger partial charge in [-0.3, -0.25) is 0 Å². The lowest BCUT2D eigenvalue weighted by Crippen LogP contribution is -2.43. The van der Waals surface area contributed by atoms with Gasteiger partial charge in [0.15, 0.2) is 17.3 Å². The van der Waals surface area contributed by atoms with Crippen molar-refractivity contribution in [2.75, 3.05) is 19.6 Å². The minimum absolute atomic E-state index is 1.02. The molecule has 0 aliphatic carbocycles. The minimum Gasteiger partial charge on any atom is -0.248 e. The van der Waals surface area contributed by atoms with Crippen LogP contribution in [-0.4, -0.2) is 23.5 Å². The molecule has 0 amide bonds. The van der Waals surface area contributed by atoms with Crippen molar-refractivity contribution < 1.29 is 3.89 Å². The molecule has 0 N–H and O–H groups in total. The SMILES string of the molecule is CCCCCCCCCCCCCCCCC[N+](CCCCCCCCCCCCCCCCC)(CCCCCCCCCCCCCCCCC)SC#N. The fourth-order valence-corrected chi connectivity index (χ4v) is 9.71. The lowest BCUT2D eigenvalue weighted by atomic mass is 10.0. The van der Waals surface area contributed by atoms with Crippen LogP contribution in [0.5, 0.6) is 0 Å². The van der Waals surface area contributed by atoms with E-state index in [9.17, 15) is 5.26 Å². The average molecular weight is 790 g/mol. The van der Waals surface area contributed by atoms with Crippen LogP contribution in [0.2, 0.25) is 0 Å². The number of rotatable bonds is 49. The standard InChI is InChI=1S/C52H105N2S/c1-4-7-10-13-16-19-22-25-28-31-34-37-40-43-46-49-54(55-52-53,50-47-44-41-38-35-32-29-26-23-20-17-14-11-8-5-2)51-48-45-42-39-36-33-30-27-24-21-18-15-12-9-6-3/h4-51H2,1-3H3/q+1. The van der Waals surface area contributed by atoms with Gasteiger partial charge in [-0.1, -0.05) is 271 Å². The highest BCUT2D eigenvalue weighted by Gasteiger charge is 2.28. The first-order valence-corrected chi connectivity index (χ1v) is 27.0. The molecule has 0 spiro atoms. The van der Waals surface area contributed by atoms with E-state index in [1.807, 2.05) is 0 Å². The largest absolute Gasteiger partial charge is 0.248 e. The van der Waals surface area contributed by atoms with E-state index in [0.29, 0.717) is 0 Å². The van der Waals surface area contributed by atoms with Crippen molar-refractivity contribution in [3.8, 4) is 5.40 Å². The molecule has 0 rings (SSSR count). The van der Waals surface area contributed by atoms with Crippen molar-refractivity contribution in [2.24, 2.45) is 0 Å². The maximum Gasteiger partial charge on any atom is 0.196 e. The van der Waals surface area contributed by atoms with E-state index in [1.165, 1.54) is 309 Å². The second kappa shape index (κ2) is 48.2. The maximum atomic E-state index is 9.98. The van der Waals surface area contributed by atoms with Crippen molar-refractivity contribution in [1.29, 1.82) is 5.26 Å². The van der Waals surface area contributed by atoms with Crippen molar-refractivity contribution >= 4 is 11.9 Å². The average Bonchev–Trinajstić information content (AvgIpc) is 3.19. The summed E-state index contributed by atoms with van der Waals surface area (Å²) in [4.78, 5) is 0. The predicted molar refractivity (Wildman–Crippen MR) is 253 cm³/mol. The topological polar surface area (TPSA) is 23.8 Å². The number of quaternary nitrogens is 1. The molecule has 0 aromatic rings. The summed E-state index contributed by atoms with van der Waals surface area (Å²) in [5.41, 5.74) is 0. The van der Waals surface area contributed by atoms with Crippen LogP contribution in [0, 0.1) is 10.7 Å². The molecule has 0 aromatic carbocycles. The summed E-state index contributed by atoms with van der Waals surface area (Å²) in [5.74, 6) is 0. The fourth-order valence-electron chi connectivity index (χ4n) is 8.87. The van der Waals surface area contributed by atoms with E-state index in [1.54, 1.807) is 11.9 Å². The number of hydrogen-bond acceptors (Lipinski definition) is 2. The monoisotopic (exact) mass is 790 g/mol. The zero-order valence-corrected chi connectivity index (χ0v) is 39.6. The van der Waals surface area contributed by atoms with Gasteiger partial charge in [0.25, 0.3) is 0 Å². The molecule has 0 saturated carbocycles. The van der Waals surface area contributed by atoms with Crippen molar-refractivity contribution in [3.63, 3.8) is 0 Å². The first-order chi connectivity index (χ1) is 27.2. The van der Waals surface area contributed by atoms with Gasteiger partial charge in [-0.25, -0.2) is 3.89 Å². The van der Waals surface area contributed by atoms with E-state index in [-0.39, 0.29) is 0 Å². The summed E-state index contributed by atoms with van der Waals surface area (Å²) in [6, 6.07) is 0. The van der Waals surface area contributed by atoms with E-state index in [0.717, 1.165) is 3.89 Å². The smallest absolute Gasteiger partial charge is 0.196 e. The number of unbranched alkanes of at least 4 members (excludes halogenated alkanes) is 42. The van der Waals surface area contributed by atoms with Crippen LogP contribution in [-0.2, 0) is 0 Å². The Morgan fingerprint density at radius 2 is 0.400 bits per heavy atom. The zero-order valence-electron chi connectivity index (χ0n) is 38.7. The molecule has 0 atom stereocenters. The molecule has 0 saturated heterocycles. The number of thiocyanates is 1. The van der Waals surface area contributed by atoms with Gasteiger partial charge in [0.05, 0.1) is 19.6 Å². The Bertz CT molecular complexity index is 648. The molecule has 0 unspecified atom stereocenters. The third kappa shape index (κ3) is 43.2. The maximum absolute atomic E-state index is 9.98. The van der Waals surface area contributed by atoms with Gasteiger partial charge in [-0.15, -0.1) is 0 Å². The Balaban J connectivity index is 4.32. The van der Waals surface area contributed by atoms with Gasteiger partial charge < -0.3 is 0 Å². The van der Waals surface area contributed by atoms with Crippen LogP contribution in [0.25, 0.3) is 0 Å². The second-order valence-electron chi connectivity index (χ2n) is 18.3. The van der Waals surface area contributed by atoms with Crippen LogP contribution in [0.3, 0.4) is 0 Å². The first kappa shape index (κ1) is 54.8. The summed E-state index contributed by atoms with van der Waals surface area (Å²) in [7, 11) is 0. The van der Waals surface area contributed by atoms with Crippen molar-refractivity contribution in [1.82, 2.24) is 0 Å². The molecular formula is C52H105N2S+. The quantitative estimate of drug-likeness (QED) is 0.0265. The van der Waals surface area contributed by atoms with Gasteiger partial charge >= 0.3 is 0 Å². The zero-order chi connectivity index (χ0) is 39.9. The van der Waals surface area contributed by atoms with E-state index in [2.05, 4.69) is 26.2 Å². The third-order valence-electron chi connectivity index (χ3n) is 12.7. The molecule has 0 heterocycles. The highest BCUT2D eigenvalue weighted by Crippen LogP contribution is 2.28. The van der Waals surface area contributed by atoms with E-state index >= 15 is 0 Å². The third-order valence-corrected chi connectivity index (χ3v) is 13.8. The molecule has 328 valence electrons. The summed E-state index contributed by atoms with van der Waals surface area (Å²) in [6.45, 7) is 10.6. The number of nitrogens with zero attached hydrogens (tertiary/aromatic N) is 2. The molecule has 3 heteroatoms. The van der Waals surface area contributed by atoms with Crippen LogP contribution in [0.4, 0.5) is 0 Å². The molecule has 0 fully saturated rings. The number of nitriles is 1. The molecule has 2 nitrogen and oxygen atoms in total. The minimum atomic E-state index is 1.02. The van der Waals surface area contributed by atoms with E-state index in [4.69, 9.17) is 0 Å². The van der Waals surface area contributed by atoms with Gasteiger partial charge in [-0.05, 0) is 38.5 Å². The lowest BCUT2D eigenvalue weighted by molar-refractivity contribution is -0.795. The predicted octanol–water partition coefficient (Wildman–Crippen LogP) is 19.5. The summed E-state index contributed by atoms with van der Waals surface area (Å²) in [6.07, 6.45) is 64.0. The summed E-state index contributed by atoms with van der Waals surface area (Å²) < 4.78 is 1.02. The molecule has 0 aromatic heterocycles. The van der Waals surface area contributed by atoms with Crippen LogP contribution < -0.4 is 0 Å². The van der Waals surface area contributed by atoms with Crippen molar-refractivity contribution in [3.05, 3.63) is 0 Å². The fraction of sp³-hybridized carbons (Fsp3) is 0.981. The Morgan fingerprint density at radius 1 is 0.255 bits per heavy atom. The lowest BCUT2D eigenvalue weighted by Gasteiger charge is -2.34. The Hall–Kier alpha value is -0.200. The Kier molecular flexibility index (Phi) is 48.0. The van der Waals surface area contributed by atoms with Gasteiger partial charge in [0.1, 0.15) is 0 Å². The van der Waals surface area contributed by atoms with E-state index < -0.39 is 0 Å². The normalized spacial score (nSPS) is 11.8. The Labute approximate surface area is 354 Å². The Morgan fingerprint density at radius 3 is 0.545 bits per heavy atom. The molecule has 0 aliphatic heterocycles. The van der Waals surface area contributed by atoms with Crippen LogP contribution in [0.15, 0.2) is 0 Å². The molecule has 55 heavy (non-hydrogen) atoms.